The van der Waals surface area contributed by atoms with Crippen LogP contribution in [0, 0.1) is 0 Å². The van der Waals surface area contributed by atoms with Crippen molar-refractivity contribution >= 4 is 41.3 Å². The molecule has 0 atom stereocenters. The van der Waals surface area contributed by atoms with Gasteiger partial charge in [0, 0.05) is 30.1 Å². The lowest BCUT2D eigenvalue weighted by molar-refractivity contribution is 0.404. The van der Waals surface area contributed by atoms with Crippen LogP contribution in [0.15, 0.2) is 35.5 Å². The zero-order valence-electron chi connectivity index (χ0n) is 17.0. The van der Waals surface area contributed by atoms with E-state index in [1.807, 2.05) is 19.3 Å². The molecule has 5 nitrogen and oxygen atoms in total. The van der Waals surface area contributed by atoms with Crippen molar-refractivity contribution in [3.8, 4) is 5.75 Å². The molecule has 2 N–H and O–H groups in total. The fraction of sp³-hybridized carbons (Fsp3) is 0.524. The van der Waals surface area contributed by atoms with Crippen molar-refractivity contribution in [1.29, 1.82) is 0 Å². The number of methoxy groups -OCH3 is 1. The number of halogens is 1. The summed E-state index contributed by atoms with van der Waals surface area (Å²) in [6, 6.07) is 8.52. The second-order valence-corrected chi connectivity index (χ2v) is 8.27. The summed E-state index contributed by atoms with van der Waals surface area (Å²) in [6.45, 7) is 3.74. The molecular weight excluding hydrogens is 483 g/mol. The summed E-state index contributed by atoms with van der Waals surface area (Å²) in [7, 11) is 3.55. The van der Waals surface area contributed by atoms with Crippen molar-refractivity contribution in [2.75, 3.05) is 20.7 Å². The number of nitrogens with one attached hydrogen (secondary N) is 2. The van der Waals surface area contributed by atoms with Gasteiger partial charge in [0.05, 0.1) is 13.7 Å². The number of ether oxygens (including phenoxy) is 1. The van der Waals surface area contributed by atoms with E-state index < -0.39 is 0 Å². The van der Waals surface area contributed by atoms with Crippen molar-refractivity contribution in [1.82, 2.24) is 15.6 Å². The first-order valence-corrected chi connectivity index (χ1v) is 10.5. The van der Waals surface area contributed by atoms with E-state index in [1.165, 1.54) is 36.1 Å². The Morgan fingerprint density at radius 1 is 1.29 bits per heavy atom. The molecule has 28 heavy (non-hydrogen) atoms. The molecule has 0 aliphatic heterocycles. The standard InChI is InChI=1S/C21H30N4OS.HI/c1-4-18-13-23-19(27-18)14-24-20(22-2)25-15-21(10-5-6-11-21)16-8-7-9-17(12-16)26-3;/h7-9,12-13H,4-6,10-11,14-15H2,1-3H3,(H2,22,24,25);1H. The summed E-state index contributed by atoms with van der Waals surface area (Å²) < 4.78 is 5.44. The molecule has 1 aromatic heterocycles. The summed E-state index contributed by atoms with van der Waals surface area (Å²) >= 11 is 1.76. The van der Waals surface area contributed by atoms with Gasteiger partial charge in [0.15, 0.2) is 5.96 Å². The highest BCUT2D eigenvalue weighted by molar-refractivity contribution is 14.0. The minimum Gasteiger partial charge on any atom is -0.497 e. The number of rotatable bonds is 7. The SMILES string of the molecule is CCc1cnc(CNC(=NC)NCC2(c3cccc(OC)c3)CCCC2)s1.I. The van der Waals surface area contributed by atoms with Crippen LogP contribution < -0.4 is 15.4 Å². The quantitative estimate of drug-likeness (QED) is 0.325. The van der Waals surface area contributed by atoms with Crippen LogP contribution in [0.2, 0.25) is 0 Å². The maximum absolute atomic E-state index is 5.44. The molecular formula is C21H31IN4OS. The number of thiazole rings is 1. The van der Waals surface area contributed by atoms with Crippen molar-refractivity contribution in [2.24, 2.45) is 4.99 Å². The van der Waals surface area contributed by atoms with E-state index in [9.17, 15) is 0 Å². The molecule has 0 spiro atoms. The monoisotopic (exact) mass is 514 g/mol. The Morgan fingerprint density at radius 2 is 2.07 bits per heavy atom. The maximum Gasteiger partial charge on any atom is 0.191 e. The third-order valence-corrected chi connectivity index (χ3v) is 6.56. The summed E-state index contributed by atoms with van der Waals surface area (Å²) in [4.78, 5) is 10.2. The normalized spacial score (nSPS) is 15.8. The van der Waals surface area contributed by atoms with Crippen molar-refractivity contribution in [3.63, 3.8) is 0 Å². The first-order valence-electron chi connectivity index (χ1n) is 9.72. The Hall–Kier alpha value is -1.35. The van der Waals surface area contributed by atoms with E-state index in [0.29, 0.717) is 6.54 Å². The topological polar surface area (TPSA) is 58.5 Å². The van der Waals surface area contributed by atoms with Gasteiger partial charge in [0.2, 0.25) is 0 Å². The minimum absolute atomic E-state index is 0. The van der Waals surface area contributed by atoms with Gasteiger partial charge >= 0.3 is 0 Å². The largest absolute Gasteiger partial charge is 0.497 e. The minimum atomic E-state index is 0. The Labute approximate surface area is 189 Å². The molecule has 7 heteroatoms. The molecule has 1 aromatic carbocycles. The molecule has 0 bridgehead atoms. The lowest BCUT2D eigenvalue weighted by Gasteiger charge is -2.31. The molecule has 0 amide bonds. The highest BCUT2D eigenvalue weighted by Gasteiger charge is 2.36. The van der Waals surface area contributed by atoms with Gasteiger partial charge in [-0.05, 0) is 37.0 Å². The third kappa shape index (κ3) is 5.59. The Balaban J connectivity index is 0.00000280. The predicted molar refractivity (Wildman–Crippen MR) is 128 cm³/mol. The summed E-state index contributed by atoms with van der Waals surface area (Å²) in [6.07, 6.45) is 7.92. The first-order chi connectivity index (χ1) is 13.2. The number of benzene rings is 1. The van der Waals surface area contributed by atoms with E-state index in [2.05, 4.69) is 45.7 Å². The van der Waals surface area contributed by atoms with Gasteiger partial charge in [-0.1, -0.05) is 31.9 Å². The summed E-state index contributed by atoms with van der Waals surface area (Å²) in [5.41, 5.74) is 1.50. The summed E-state index contributed by atoms with van der Waals surface area (Å²) in [5, 5.41) is 8.05. The molecule has 0 radical (unpaired) electrons. The highest BCUT2D eigenvalue weighted by atomic mass is 127. The lowest BCUT2D eigenvalue weighted by atomic mass is 9.78. The molecule has 1 aliphatic rings. The predicted octanol–water partition coefficient (Wildman–Crippen LogP) is 4.51. The van der Waals surface area contributed by atoms with Crippen LogP contribution >= 0.6 is 35.3 Å². The maximum atomic E-state index is 5.44. The Bertz CT molecular complexity index is 771. The van der Waals surface area contributed by atoms with Crippen LogP contribution in [0.4, 0.5) is 0 Å². The van der Waals surface area contributed by atoms with Crippen LogP contribution in [0.3, 0.4) is 0 Å². The van der Waals surface area contributed by atoms with Gasteiger partial charge in [0.25, 0.3) is 0 Å². The van der Waals surface area contributed by atoms with Gasteiger partial charge in [-0.25, -0.2) is 4.98 Å². The molecule has 1 heterocycles. The van der Waals surface area contributed by atoms with E-state index in [1.54, 1.807) is 18.4 Å². The van der Waals surface area contributed by atoms with Gasteiger partial charge in [-0.2, -0.15) is 0 Å². The molecule has 2 aromatic rings. The van der Waals surface area contributed by atoms with E-state index in [-0.39, 0.29) is 29.4 Å². The highest BCUT2D eigenvalue weighted by Crippen LogP contribution is 2.41. The van der Waals surface area contributed by atoms with Crippen molar-refractivity contribution in [3.05, 3.63) is 45.9 Å². The van der Waals surface area contributed by atoms with Gasteiger partial charge in [-0.3, -0.25) is 4.99 Å². The molecule has 154 valence electrons. The van der Waals surface area contributed by atoms with Crippen LogP contribution in [0.25, 0.3) is 0 Å². The van der Waals surface area contributed by atoms with E-state index in [0.717, 1.165) is 29.7 Å². The molecule has 1 fully saturated rings. The van der Waals surface area contributed by atoms with Gasteiger partial charge in [0.1, 0.15) is 10.8 Å². The lowest BCUT2D eigenvalue weighted by Crippen LogP contribution is -2.44. The molecule has 1 saturated carbocycles. The second-order valence-electron chi connectivity index (χ2n) is 7.07. The smallest absolute Gasteiger partial charge is 0.191 e. The number of aliphatic imine (C=N–C) groups is 1. The molecule has 0 unspecified atom stereocenters. The number of hydrogen-bond donors (Lipinski definition) is 2. The molecule has 1 aliphatic carbocycles. The number of aromatic nitrogens is 1. The van der Waals surface area contributed by atoms with Crippen molar-refractivity contribution in [2.45, 2.75) is 51.0 Å². The van der Waals surface area contributed by atoms with E-state index in [4.69, 9.17) is 4.74 Å². The number of nitrogens with zero attached hydrogens (tertiary/aromatic N) is 2. The number of hydrogen-bond acceptors (Lipinski definition) is 4. The van der Waals surface area contributed by atoms with Crippen LogP contribution in [0.1, 0.15) is 48.1 Å². The average Bonchev–Trinajstić information content (AvgIpc) is 3.38. The van der Waals surface area contributed by atoms with Crippen LogP contribution in [0.5, 0.6) is 5.75 Å². The number of aryl methyl sites for hydroxylation is 1. The van der Waals surface area contributed by atoms with Crippen LogP contribution in [-0.4, -0.2) is 31.6 Å². The fourth-order valence-corrected chi connectivity index (χ4v) is 4.60. The molecule has 0 saturated heterocycles. The van der Waals surface area contributed by atoms with Gasteiger partial charge < -0.3 is 15.4 Å². The van der Waals surface area contributed by atoms with Gasteiger partial charge in [-0.15, -0.1) is 35.3 Å². The zero-order chi connectivity index (χ0) is 19.1. The third-order valence-electron chi connectivity index (χ3n) is 5.42. The van der Waals surface area contributed by atoms with Crippen LogP contribution in [-0.2, 0) is 18.4 Å². The second kappa shape index (κ2) is 11.0. The van der Waals surface area contributed by atoms with Crippen molar-refractivity contribution < 1.29 is 4.74 Å². The zero-order valence-corrected chi connectivity index (χ0v) is 20.1. The fourth-order valence-electron chi connectivity index (χ4n) is 3.80. The first kappa shape index (κ1) is 22.9. The number of guanidine groups is 1. The Kier molecular flexibility index (Phi) is 9.01. The van der Waals surface area contributed by atoms with E-state index >= 15 is 0 Å². The molecule has 3 rings (SSSR count). The Morgan fingerprint density at radius 3 is 2.71 bits per heavy atom. The summed E-state index contributed by atoms with van der Waals surface area (Å²) in [5.74, 6) is 1.76. The average molecular weight is 514 g/mol.